The summed E-state index contributed by atoms with van der Waals surface area (Å²) in [5, 5.41) is 0. The van der Waals surface area contributed by atoms with E-state index in [0.717, 1.165) is 24.3 Å². The molecule has 118 valence electrons. The summed E-state index contributed by atoms with van der Waals surface area (Å²) in [7, 11) is 0. The number of ether oxygens (including phenoxy) is 1. The van der Waals surface area contributed by atoms with Crippen LogP contribution in [-0.4, -0.2) is 6.61 Å². The van der Waals surface area contributed by atoms with Crippen molar-refractivity contribution in [2.45, 2.75) is 12.8 Å². The molecule has 0 aliphatic rings. The third-order valence-corrected chi connectivity index (χ3v) is 2.77. The van der Waals surface area contributed by atoms with Gasteiger partial charge in [-0.2, -0.15) is 22.0 Å². The van der Waals surface area contributed by atoms with E-state index in [1.165, 1.54) is 0 Å². The van der Waals surface area contributed by atoms with Crippen molar-refractivity contribution in [2.24, 2.45) is 0 Å². The van der Waals surface area contributed by atoms with Crippen LogP contribution in [0.5, 0.6) is 5.75 Å². The molecular formula is C14H7F7O. The van der Waals surface area contributed by atoms with Gasteiger partial charge >= 0.3 is 12.8 Å². The lowest BCUT2D eigenvalue weighted by Gasteiger charge is -2.17. The summed E-state index contributed by atoms with van der Waals surface area (Å²) < 4.78 is 94.8. The fraction of sp³-hybridized carbons (Fsp3) is 0.143. The summed E-state index contributed by atoms with van der Waals surface area (Å²) >= 11 is 0. The minimum Gasteiger partial charge on any atom is -0.434 e. The minimum absolute atomic E-state index is 0.567. The standard InChI is InChI=1S/C14H7F7O/c15-9-5-1-3-7(12(9)16)11-8(14(19,20)21)4-2-6-10(11)22-13(17)18/h1-6,13H. The zero-order chi connectivity index (χ0) is 16.5. The molecule has 0 spiro atoms. The fourth-order valence-corrected chi connectivity index (χ4v) is 1.94. The molecule has 0 heterocycles. The highest BCUT2D eigenvalue weighted by Gasteiger charge is 2.36. The minimum atomic E-state index is -4.96. The Morgan fingerprint density at radius 3 is 2.14 bits per heavy atom. The number of halogens is 7. The summed E-state index contributed by atoms with van der Waals surface area (Å²) in [6.45, 7) is -3.42. The molecule has 0 atom stereocenters. The van der Waals surface area contributed by atoms with Crippen molar-refractivity contribution >= 4 is 0 Å². The van der Waals surface area contributed by atoms with Crippen LogP contribution in [0.1, 0.15) is 5.56 Å². The Hall–Kier alpha value is -2.25. The molecule has 0 aromatic heterocycles. The van der Waals surface area contributed by atoms with Gasteiger partial charge in [0.1, 0.15) is 5.75 Å². The van der Waals surface area contributed by atoms with E-state index in [1.807, 2.05) is 0 Å². The first-order valence-electron chi connectivity index (χ1n) is 5.81. The van der Waals surface area contributed by atoms with Gasteiger partial charge in [0.25, 0.3) is 0 Å². The first kappa shape index (κ1) is 16.1. The Kier molecular flexibility index (Phi) is 4.30. The molecular weight excluding hydrogens is 317 g/mol. The van der Waals surface area contributed by atoms with Gasteiger partial charge in [0.05, 0.1) is 5.56 Å². The predicted molar refractivity (Wildman–Crippen MR) is 63.4 cm³/mol. The molecule has 1 nitrogen and oxygen atoms in total. The molecule has 0 unspecified atom stereocenters. The van der Waals surface area contributed by atoms with Gasteiger partial charge in [-0.05, 0) is 18.2 Å². The molecule has 0 aliphatic carbocycles. The number of benzene rings is 2. The monoisotopic (exact) mass is 324 g/mol. The van der Waals surface area contributed by atoms with E-state index >= 15 is 0 Å². The highest BCUT2D eigenvalue weighted by Crippen LogP contribution is 2.43. The number of alkyl halides is 5. The van der Waals surface area contributed by atoms with Gasteiger partial charge < -0.3 is 4.74 Å². The third-order valence-electron chi connectivity index (χ3n) is 2.77. The van der Waals surface area contributed by atoms with Gasteiger partial charge in [-0.3, -0.25) is 0 Å². The first-order valence-corrected chi connectivity index (χ1v) is 5.81. The Morgan fingerprint density at radius 1 is 0.909 bits per heavy atom. The average molecular weight is 324 g/mol. The average Bonchev–Trinajstić information content (AvgIpc) is 2.40. The van der Waals surface area contributed by atoms with Crippen molar-refractivity contribution in [3.8, 4) is 16.9 Å². The van der Waals surface area contributed by atoms with Crippen molar-refractivity contribution in [1.29, 1.82) is 0 Å². The van der Waals surface area contributed by atoms with Crippen molar-refractivity contribution in [3.63, 3.8) is 0 Å². The van der Waals surface area contributed by atoms with E-state index in [2.05, 4.69) is 4.74 Å². The van der Waals surface area contributed by atoms with Gasteiger partial charge in [-0.15, -0.1) is 0 Å². The second kappa shape index (κ2) is 5.86. The molecule has 22 heavy (non-hydrogen) atoms. The molecule has 0 fully saturated rings. The van der Waals surface area contributed by atoms with Crippen LogP contribution in [0, 0.1) is 11.6 Å². The van der Waals surface area contributed by atoms with Gasteiger partial charge in [0.15, 0.2) is 11.6 Å². The van der Waals surface area contributed by atoms with Crippen LogP contribution in [0.4, 0.5) is 30.7 Å². The molecule has 0 bridgehead atoms. The van der Waals surface area contributed by atoms with Gasteiger partial charge in [0.2, 0.25) is 0 Å². The maximum atomic E-state index is 13.8. The normalized spacial score (nSPS) is 11.8. The number of hydrogen-bond acceptors (Lipinski definition) is 1. The van der Waals surface area contributed by atoms with E-state index in [-0.39, 0.29) is 0 Å². The van der Waals surface area contributed by atoms with Crippen LogP contribution in [-0.2, 0) is 6.18 Å². The molecule has 2 aromatic rings. The molecule has 0 amide bonds. The topological polar surface area (TPSA) is 9.23 Å². The van der Waals surface area contributed by atoms with Crippen molar-refractivity contribution in [3.05, 3.63) is 53.6 Å². The Morgan fingerprint density at radius 2 is 1.55 bits per heavy atom. The lowest BCUT2D eigenvalue weighted by Crippen LogP contribution is -2.11. The van der Waals surface area contributed by atoms with Crippen LogP contribution in [0.2, 0.25) is 0 Å². The molecule has 2 rings (SSSR count). The zero-order valence-electron chi connectivity index (χ0n) is 10.6. The Labute approximate surface area is 119 Å². The molecule has 8 heteroatoms. The van der Waals surface area contributed by atoms with Gasteiger partial charge in [0, 0.05) is 11.1 Å². The van der Waals surface area contributed by atoms with Gasteiger partial charge in [-0.1, -0.05) is 18.2 Å². The fourth-order valence-electron chi connectivity index (χ4n) is 1.94. The Bertz CT molecular complexity index is 679. The summed E-state index contributed by atoms with van der Waals surface area (Å²) in [5.74, 6) is -3.88. The van der Waals surface area contributed by atoms with E-state index in [1.54, 1.807) is 0 Å². The van der Waals surface area contributed by atoms with E-state index in [0.29, 0.717) is 12.1 Å². The Balaban J connectivity index is 2.77. The van der Waals surface area contributed by atoms with Crippen molar-refractivity contribution < 1.29 is 35.5 Å². The highest BCUT2D eigenvalue weighted by molar-refractivity contribution is 5.75. The third kappa shape index (κ3) is 3.15. The molecule has 0 saturated heterocycles. The molecule has 2 aromatic carbocycles. The lowest BCUT2D eigenvalue weighted by atomic mass is 9.97. The quantitative estimate of drug-likeness (QED) is 0.701. The van der Waals surface area contributed by atoms with Crippen LogP contribution in [0.25, 0.3) is 11.1 Å². The first-order chi connectivity index (χ1) is 10.2. The van der Waals surface area contributed by atoms with Gasteiger partial charge in [-0.25, -0.2) is 8.78 Å². The number of hydrogen-bond donors (Lipinski definition) is 0. The second-order valence-electron chi connectivity index (χ2n) is 4.16. The van der Waals surface area contributed by atoms with Crippen LogP contribution >= 0.6 is 0 Å². The lowest BCUT2D eigenvalue weighted by molar-refractivity contribution is -0.137. The van der Waals surface area contributed by atoms with Crippen molar-refractivity contribution in [2.75, 3.05) is 0 Å². The summed E-state index contributed by atoms with van der Waals surface area (Å²) in [5.41, 5.74) is -3.20. The number of rotatable bonds is 3. The smallest absolute Gasteiger partial charge is 0.417 e. The second-order valence-corrected chi connectivity index (χ2v) is 4.16. The maximum absolute atomic E-state index is 13.8. The largest absolute Gasteiger partial charge is 0.434 e. The molecule has 0 N–H and O–H groups in total. The van der Waals surface area contributed by atoms with E-state index in [4.69, 9.17) is 0 Å². The van der Waals surface area contributed by atoms with Crippen LogP contribution < -0.4 is 4.74 Å². The van der Waals surface area contributed by atoms with Crippen molar-refractivity contribution in [1.82, 2.24) is 0 Å². The van der Waals surface area contributed by atoms with Crippen LogP contribution in [0.15, 0.2) is 36.4 Å². The van der Waals surface area contributed by atoms with Crippen LogP contribution in [0.3, 0.4) is 0 Å². The van der Waals surface area contributed by atoms with E-state index in [9.17, 15) is 30.7 Å². The summed E-state index contributed by atoms with van der Waals surface area (Å²) in [6.07, 6.45) is -4.96. The summed E-state index contributed by atoms with van der Waals surface area (Å²) in [6, 6.07) is 4.73. The maximum Gasteiger partial charge on any atom is 0.417 e. The molecule has 0 radical (unpaired) electrons. The zero-order valence-corrected chi connectivity index (χ0v) is 10.6. The SMILES string of the molecule is Fc1cccc(-c2c(OC(F)F)cccc2C(F)(F)F)c1F. The molecule has 0 saturated carbocycles. The molecule has 0 aliphatic heterocycles. The summed E-state index contributed by atoms with van der Waals surface area (Å²) in [4.78, 5) is 0. The highest BCUT2D eigenvalue weighted by atomic mass is 19.4. The van der Waals surface area contributed by atoms with E-state index < -0.39 is 46.9 Å². The predicted octanol–water partition coefficient (Wildman–Crippen LogP) is 5.25.